The highest BCUT2D eigenvalue weighted by atomic mass is 35.5. The molecular formula is C19H20Cl2FN3O. The number of carbonyl (C=O) groups excluding carboxylic acids is 1. The van der Waals surface area contributed by atoms with E-state index in [0.29, 0.717) is 34.4 Å². The van der Waals surface area contributed by atoms with Gasteiger partial charge in [-0.3, -0.25) is 9.69 Å². The number of hydrogen-bond acceptors (Lipinski definition) is 3. The fourth-order valence-corrected chi connectivity index (χ4v) is 3.44. The summed E-state index contributed by atoms with van der Waals surface area (Å²) in [5, 5.41) is 3.75. The summed E-state index contributed by atoms with van der Waals surface area (Å²) in [5.74, 6) is -0.286. The molecule has 0 unspecified atom stereocenters. The summed E-state index contributed by atoms with van der Waals surface area (Å²) in [6, 6.07) is 11.8. The van der Waals surface area contributed by atoms with Gasteiger partial charge in [-0.2, -0.15) is 0 Å². The van der Waals surface area contributed by atoms with Crippen LogP contribution >= 0.6 is 23.2 Å². The Labute approximate surface area is 162 Å². The summed E-state index contributed by atoms with van der Waals surface area (Å²) < 4.78 is 13.9. The number of halogens is 3. The van der Waals surface area contributed by atoms with Crippen LogP contribution in [0.1, 0.15) is 6.42 Å². The number of nitrogens with one attached hydrogen (secondary N) is 1. The maximum absolute atomic E-state index is 13.9. The molecule has 3 rings (SSSR count). The number of nitrogens with zero attached hydrogens (tertiary/aromatic N) is 2. The lowest BCUT2D eigenvalue weighted by atomic mass is 10.2. The van der Waals surface area contributed by atoms with Gasteiger partial charge in [0.15, 0.2) is 0 Å². The Morgan fingerprint density at radius 1 is 1.08 bits per heavy atom. The molecule has 2 aromatic rings. The summed E-state index contributed by atoms with van der Waals surface area (Å²) in [4.78, 5) is 16.4. The quantitative estimate of drug-likeness (QED) is 0.820. The third-order valence-corrected chi connectivity index (χ3v) is 4.97. The van der Waals surface area contributed by atoms with Gasteiger partial charge in [-0.1, -0.05) is 35.3 Å². The monoisotopic (exact) mass is 395 g/mol. The molecule has 1 aliphatic rings. The largest absolute Gasteiger partial charge is 0.367 e. The van der Waals surface area contributed by atoms with E-state index in [1.807, 2.05) is 11.0 Å². The molecule has 4 nitrogen and oxygen atoms in total. The first kappa shape index (κ1) is 19.0. The van der Waals surface area contributed by atoms with Crippen molar-refractivity contribution < 1.29 is 9.18 Å². The first-order valence-electron chi connectivity index (χ1n) is 8.49. The van der Waals surface area contributed by atoms with Crippen LogP contribution in [0.25, 0.3) is 0 Å². The van der Waals surface area contributed by atoms with Crippen LogP contribution in [0.3, 0.4) is 0 Å². The molecule has 138 valence electrons. The Hall–Kier alpha value is -1.82. The van der Waals surface area contributed by atoms with E-state index in [9.17, 15) is 9.18 Å². The zero-order valence-electron chi connectivity index (χ0n) is 14.2. The molecule has 0 saturated carbocycles. The lowest BCUT2D eigenvalue weighted by Crippen LogP contribution is -2.47. The van der Waals surface area contributed by atoms with Crippen LogP contribution in [0.15, 0.2) is 42.5 Å². The van der Waals surface area contributed by atoms with Gasteiger partial charge in [0.05, 0.1) is 16.4 Å². The topological polar surface area (TPSA) is 35.6 Å². The van der Waals surface area contributed by atoms with E-state index in [4.69, 9.17) is 23.2 Å². The minimum absolute atomic E-state index is 0.0919. The number of rotatable bonds is 5. The van der Waals surface area contributed by atoms with Crippen molar-refractivity contribution >= 4 is 40.5 Å². The maximum Gasteiger partial charge on any atom is 0.225 e. The van der Waals surface area contributed by atoms with Gasteiger partial charge in [0.25, 0.3) is 0 Å². The van der Waals surface area contributed by atoms with E-state index in [-0.39, 0.29) is 11.7 Å². The van der Waals surface area contributed by atoms with Gasteiger partial charge in [0.2, 0.25) is 5.91 Å². The van der Waals surface area contributed by atoms with Gasteiger partial charge in [-0.15, -0.1) is 0 Å². The molecule has 1 N–H and O–H groups in total. The van der Waals surface area contributed by atoms with E-state index < -0.39 is 0 Å². The van der Waals surface area contributed by atoms with Crippen LogP contribution in [-0.4, -0.2) is 43.5 Å². The molecule has 26 heavy (non-hydrogen) atoms. The third-order valence-electron chi connectivity index (χ3n) is 4.43. The summed E-state index contributed by atoms with van der Waals surface area (Å²) in [5.41, 5.74) is 1.20. The molecule has 1 aliphatic heterocycles. The molecule has 7 heteroatoms. The van der Waals surface area contributed by atoms with Crippen molar-refractivity contribution in [1.29, 1.82) is 0 Å². The van der Waals surface area contributed by atoms with E-state index >= 15 is 0 Å². The first-order valence-corrected chi connectivity index (χ1v) is 9.25. The fourth-order valence-electron chi connectivity index (χ4n) is 2.98. The average Bonchev–Trinajstić information content (AvgIpc) is 2.63. The Balaban J connectivity index is 1.45. The summed E-state index contributed by atoms with van der Waals surface area (Å²) in [6.07, 6.45) is 0.374. The van der Waals surface area contributed by atoms with Crippen molar-refractivity contribution in [3.05, 3.63) is 58.3 Å². The highest BCUT2D eigenvalue weighted by Gasteiger charge is 2.19. The van der Waals surface area contributed by atoms with Crippen molar-refractivity contribution in [2.45, 2.75) is 6.42 Å². The molecule has 0 bridgehead atoms. The molecule has 1 amide bonds. The second-order valence-electron chi connectivity index (χ2n) is 6.20. The Morgan fingerprint density at radius 3 is 2.50 bits per heavy atom. The van der Waals surface area contributed by atoms with Crippen molar-refractivity contribution in [2.75, 3.05) is 42.9 Å². The Kier molecular flexibility index (Phi) is 6.35. The highest BCUT2D eigenvalue weighted by Crippen LogP contribution is 2.25. The molecule has 0 aliphatic carbocycles. The maximum atomic E-state index is 13.9. The van der Waals surface area contributed by atoms with E-state index in [2.05, 4.69) is 10.2 Å². The number of piperazine rings is 1. The first-order chi connectivity index (χ1) is 12.5. The molecule has 1 heterocycles. The summed E-state index contributed by atoms with van der Waals surface area (Å²) in [7, 11) is 0. The zero-order chi connectivity index (χ0) is 18.5. The van der Waals surface area contributed by atoms with Crippen LogP contribution in [-0.2, 0) is 4.79 Å². The van der Waals surface area contributed by atoms with Crippen LogP contribution in [0.4, 0.5) is 15.8 Å². The molecule has 0 atom stereocenters. The molecule has 1 saturated heterocycles. The van der Waals surface area contributed by atoms with Crippen LogP contribution in [0, 0.1) is 5.82 Å². The Bertz CT molecular complexity index is 779. The van der Waals surface area contributed by atoms with Gasteiger partial charge in [-0.05, 0) is 30.3 Å². The SMILES string of the molecule is O=C(CCN1CCN(c2ccccc2F)CC1)Nc1ccc(Cl)cc1Cl. The lowest BCUT2D eigenvalue weighted by Gasteiger charge is -2.36. The second-order valence-corrected chi connectivity index (χ2v) is 7.05. The van der Waals surface area contributed by atoms with E-state index in [1.165, 1.54) is 6.07 Å². The van der Waals surface area contributed by atoms with Crippen LogP contribution in [0.5, 0.6) is 0 Å². The smallest absolute Gasteiger partial charge is 0.225 e. The average molecular weight is 396 g/mol. The van der Waals surface area contributed by atoms with Crippen molar-refractivity contribution in [3.63, 3.8) is 0 Å². The minimum Gasteiger partial charge on any atom is -0.367 e. The lowest BCUT2D eigenvalue weighted by molar-refractivity contribution is -0.116. The van der Waals surface area contributed by atoms with Gasteiger partial charge in [0, 0.05) is 44.2 Å². The van der Waals surface area contributed by atoms with Crippen molar-refractivity contribution in [1.82, 2.24) is 4.90 Å². The van der Waals surface area contributed by atoms with E-state index in [0.717, 1.165) is 26.2 Å². The standard InChI is InChI=1S/C19H20Cl2FN3O/c20-14-5-6-17(15(21)13-14)23-19(26)7-8-24-9-11-25(12-10-24)18-4-2-1-3-16(18)22/h1-6,13H,7-12H2,(H,23,26). The minimum atomic E-state index is -0.194. The number of amides is 1. The number of benzene rings is 2. The molecule has 1 fully saturated rings. The van der Waals surface area contributed by atoms with Gasteiger partial charge in [0.1, 0.15) is 5.82 Å². The number of para-hydroxylation sites is 1. The van der Waals surface area contributed by atoms with Crippen molar-refractivity contribution in [2.24, 2.45) is 0 Å². The van der Waals surface area contributed by atoms with Crippen molar-refractivity contribution in [3.8, 4) is 0 Å². The fraction of sp³-hybridized carbons (Fsp3) is 0.316. The summed E-state index contributed by atoms with van der Waals surface area (Å²) >= 11 is 11.9. The predicted octanol–water partition coefficient (Wildman–Crippen LogP) is 4.28. The number of carbonyl (C=O) groups is 1. The normalized spacial score (nSPS) is 15.1. The summed E-state index contributed by atoms with van der Waals surface area (Å²) in [6.45, 7) is 3.73. The number of hydrogen-bond donors (Lipinski definition) is 1. The molecule has 2 aromatic carbocycles. The molecule has 0 spiro atoms. The van der Waals surface area contributed by atoms with Gasteiger partial charge in [-0.25, -0.2) is 4.39 Å². The van der Waals surface area contributed by atoms with Crippen LogP contribution in [0.2, 0.25) is 10.0 Å². The van der Waals surface area contributed by atoms with Crippen LogP contribution < -0.4 is 10.2 Å². The molecule has 0 aromatic heterocycles. The Morgan fingerprint density at radius 2 is 1.81 bits per heavy atom. The zero-order valence-corrected chi connectivity index (χ0v) is 15.7. The molecular weight excluding hydrogens is 376 g/mol. The van der Waals surface area contributed by atoms with Gasteiger partial charge >= 0.3 is 0 Å². The predicted molar refractivity (Wildman–Crippen MR) is 105 cm³/mol. The van der Waals surface area contributed by atoms with E-state index in [1.54, 1.807) is 30.3 Å². The third kappa shape index (κ3) is 4.87. The highest BCUT2D eigenvalue weighted by molar-refractivity contribution is 6.36. The molecule has 0 radical (unpaired) electrons. The number of anilines is 2. The second kappa shape index (κ2) is 8.71. The van der Waals surface area contributed by atoms with Gasteiger partial charge < -0.3 is 10.2 Å².